The first-order valence-corrected chi connectivity index (χ1v) is 8.83. The zero-order valence-electron chi connectivity index (χ0n) is 14.6. The highest BCUT2D eigenvalue weighted by atomic mass is 35.5. The number of nitrogens with one attached hydrogen (secondary N) is 1. The fraction of sp³-hybridized carbons (Fsp3) is 0.412. The van der Waals surface area contributed by atoms with Gasteiger partial charge in [0.05, 0.1) is 5.56 Å². The summed E-state index contributed by atoms with van der Waals surface area (Å²) in [4.78, 5) is 18.7. The van der Waals surface area contributed by atoms with Crippen LogP contribution in [0.2, 0.25) is 0 Å². The second kappa shape index (κ2) is 9.23. The van der Waals surface area contributed by atoms with Gasteiger partial charge in [0, 0.05) is 36.1 Å². The Morgan fingerprint density at radius 2 is 2.00 bits per heavy atom. The number of rotatable bonds is 2. The number of aromatic nitrogens is 1. The van der Waals surface area contributed by atoms with Crippen molar-refractivity contribution in [3.8, 4) is 10.6 Å². The summed E-state index contributed by atoms with van der Waals surface area (Å²) in [6.45, 7) is 5.27. The van der Waals surface area contributed by atoms with Crippen molar-refractivity contribution in [3.63, 3.8) is 0 Å². The molecule has 2 atom stereocenters. The minimum Gasteiger partial charge on any atom is -0.332 e. The van der Waals surface area contributed by atoms with E-state index in [9.17, 15) is 18.0 Å². The Hall–Kier alpha value is -1.35. The number of halogens is 5. The highest BCUT2D eigenvalue weighted by molar-refractivity contribution is 7.13. The predicted molar refractivity (Wildman–Crippen MR) is 105 cm³/mol. The van der Waals surface area contributed by atoms with Crippen LogP contribution in [0.25, 0.3) is 10.6 Å². The van der Waals surface area contributed by atoms with Gasteiger partial charge in [-0.25, -0.2) is 4.98 Å². The van der Waals surface area contributed by atoms with Crippen LogP contribution < -0.4 is 5.32 Å². The van der Waals surface area contributed by atoms with Crippen molar-refractivity contribution >= 4 is 42.1 Å². The number of nitrogens with zero attached hydrogens (tertiary/aromatic N) is 2. The Morgan fingerprint density at radius 3 is 2.67 bits per heavy atom. The highest BCUT2D eigenvalue weighted by Gasteiger charge is 2.32. The number of alkyl halides is 3. The lowest BCUT2D eigenvalue weighted by Gasteiger charge is -2.38. The largest absolute Gasteiger partial charge is 0.416 e. The molecule has 1 aliphatic heterocycles. The number of carbonyl (C=O) groups is 1. The van der Waals surface area contributed by atoms with Crippen LogP contribution in [0.15, 0.2) is 29.6 Å². The van der Waals surface area contributed by atoms with Gasteiger partial charge in [0.15, 0.2) is 0 Å². The summed E-state index contributed by atoms with van der Waals surface area (Å²) < 4.78 is 38.6. The molecule has 0 radical (unpaired) electrons. The van der Waals surface area contributed by atoms with E-state index in [1.54, 1.807) is 16.3 Å². The molecular weight excluding hydrogens is 422 g/mol. The zero-order chi connectivity index (χ0) is 18.2. The first-order valence-electron chi connectivity index (χ1n) is 7.95. The molecule has 1 saturated heterocycles. The van der Waals surface area contributed by atoms with Crippen molar-refractivity contribution in [3.05, 3.63) is 40.9 Å². The Morgan fingerprint density at radius 1 is 1.30 bits per heavy atom. The Kier molecular flexibility index (Phi) is 8.10. The minimum atomic E-state index is -4.40. The third kappa shape index (κ3) is 5.13. The van der Waals surface area contributed by atoms with E-state index in [2.05, 4.69) is 10.3 Å². The lowest BCUT2D eigenvalue weighted by atomic mass is 10.1. The summed E-state index contributed by atoms with van der Waals surface area (Å²) in [6, 6.07) is 5.20. The average molecular weight is 442 g/mol. The summed E-state index contributed by atoms with van der Waals surface area (Å²) in [5, 5.41) is 5.32. The number of thiazole rings is 1. The lowest BCUT2D eigenvalue weighted by molar-refractivity contribution is -0.137. The van der Waals surface area contributed by atoms with Crippen molar-refractivity contribution < 1.29 is 18.0 Å². The van der Waals surface area contributed by atoms with Crippen LogP contribution in [-0.4, -0.2) is 41.0 Å². The molecule has 2 heterocycles. The molecule has 1 aliphatic rings. The molecule has 10 heteroatoms. The molecule has 0 aliphatic carbocycles. The SMILES string of the molecule is CC1NCCN(C(=O)c2csc(-c3cccc(C(F)(F)F)c3)n2)C1C.Cl.Cl. The van der Waals surface area contributed by atoms with Crippen molar-refractivity contribution in [2.45, 2.75) is 32.1 Å². The molecule has 1 N–H and O–H groups in total. The fourth-order valence-electron chi connectivity index (χ4n) is 2.82. The Bertz CT molecular complexity index is 785. The lowest BCUT2D eigenvalue weighted by Crippen LogP contribution is -2.57. The van der Waals surface area contributed by atoms with Crippen molar-refractivity contribution in [1.29, 1.82) is 0 Å². The van der Waals surface area contributed by atoms with Crippen molar-refractivity contribution in [2.75, 3.05) is 13.1 Å². The number of amides is 1. The summed E-state index contributed by atoms with van der Waals surface area (Å²) in [5.74, 6) is -0.185. The van der Waals surface area contributed by atoms with Gasteiger partial charge in [-0.1, -0.05) is 12.1 Å². The van der Waals surface area contributed by atoms with E-state index in [1.165, 1.54) is 17.4 Å². The van der Waals surface area contributed by atoms with E-state index in [-0.39, 0.29) is 48.5 Å². The monoisotopic (exact) mass is 441 g/mol. The molecule has 4 nitrogen and oxygen atoms in total. The normalized spacial score (nSPS) is 19.8. The van der Waals surface area contributed by atoms with E-state index < -0.39 is 11.7 Å². The third-order valence-electron chi connectivity index (χ3n) is 4.46. The van der Waals surface area contributed by atoms with E-state index in [0.717, 1.165) is 12.1 Å². The topological polar surface area (TPSA) is 45.2 Å². The van der Waals surface area contributed by atoms with Gasteiger partial charge in [-0.05, 0) is 26.0 Å². The van der Waals surface area contributed by atoms with Gasteiger partial charge in [0.1, 0.15) is 10.7 Å². The Labute approximate surface area is 172 Å². The Balaban J connectivity index is 0.00000182. The zero-order valence-corrected chi connectivity index (χ0v) is 17.1. The second-order valence-corrected chi connectivity index (χ2v) is 6.96. The smallest absolute Gasteiger partial charge is 0.332 e. The molecule has 0 bridgehead atoms. The van der Waals surface area contributed by atoms with Gasteiger partial charge >= 0.3 is 6.18 Å². The van der Waals surface area contributed by atoms with Gasteiger partial charge in [-0.2, -0.15) is 13.2 Å². The van der Waals surface area contributed by atoms with Gasteiger partial charge < -0.3 is 10.2 Å². The van der Waals surface area contributed by atoms with Crippen molar-refractivity contribution in [1.82, 2.24) is 15.2 Å². The quantitative estimate of drug-likeness (QED) is 0.746. The molecule has 0 saturated carbocycles. The first-order chi connectivity index (χ1) is 11.8. The van der Waals surface area contributed by atoms with Gasteiger partial charge in [0.2, 0.25) is 0 Å². The van der Waals surface area contributed by atoms with Crippen LogP contribution in [-0.2, 0) is 6.18 Å². The minimum absolute atomic E-state index is 0. The average Bonchev–Trinajstić information content (AvgIpc) is 3.06. The first kappa shape index (κ1) is 23.7. The van der Waals surface area contributed by atoms with Crippen LogP contribution in [0, 0.1) is 0 Å². The van der Waals surface area contributed by atoms with Crippen LogP contribution >= 0.6 is 36.2 Å². The molecule has 1 aromatic carbocycles. The van der Waals surface area contributed by atoms with Gasteiger partial charge in [-0.3, -0.25) is 4.79 Å². The van der Waals surface area contributed by atoms with Crippen LogP contribution in [0.4, 0.5) is 13.2 Å². The molecule has 1 amide bonds. The van der Waals surface area contributed by atoms with Crippen LogP contribution in [0.3, 0.4) is 0 Å². The van der Waals surface area contributed by atoms with E-state index in [0.29, 0.717) is 23.7 Å². The summed E-state index contributed by atoms with van der Waals surface area (Å²) >= 11 is 1.17. The molecule has 0 spiro atoms. The number of hydrogen-bond acceptors (Lipinski definition) is 4. The number of carbonyl (C=O) groups excluding carboxylic acids is 1. The maximum Gasteiger partial charge on any atom is 0.416 e. The van der Waals surface area contributed by atoms with E-state index in [4.69, 9.17) is 0 Å². The summed E-state index contributed by atoms with van der Waals surface area (Å²) in [7, 11) is 0. The molecule has 27 heavy (non-hydrogen) atoms. The molecule has 3 rings (SSSR count). The van der Waals surface area contributed by atoms with Crippen LogP contribution in [0.1, 0.15) is 29.9 Å². The maximum atomic E-state index is 12.9. The van der Waals surface area contributed by atoms with Gasteiger partial charge in [-0.15, -0.1) is 36.2 Å². The number of hydrogen-bond donors (Lipinski definition) is 1. The second-order valence-electron chi connectivity index (χ2n) is 6.10. The van der Waals surface area contributed by atoms with Gasteiger partial charge in [0.25, 0.3) is 5.91 Å². The summed E-state index contributed by atoms with van der Waals surface area (Å²) in [6.07, 6.45) is -4.40. The highest BCUT2D eigenvalue weighted by Crippen LogP contribution is 2.33. The fourth-order valence-corrected chi connectivity index (χ4v) is 3.61. The maximum absolute atomic E-state index is 12.9. The van der Waals surface area contributed by atoms with Crippen LogP contribution in [0.5, 0.6) is 0 Å². The van der Waals surface area contributed by atoms with E-state index >= 15 is 0 Å². The predicted octanol–water partition coefficient (Wildman–Crippen LogP) is 4.49. The number of benzene rings is 1. The number of piperazine rings is 1. The molecule has 2 aromatic rings. The molecule has 150 valence electrons. The van der Waals surface area contributed by atoms with Crippen molar-refractivity contribution in [2.24, 2.45) is 0 Å². The third-order valence-corrected chi connectivity index (χ3v) is 5.35. The molecule has 1 fully saturated rings. The molecule has 2 unspecified atom stereocenters. The van der Waals surface area contributed by atoms with E-state index in [1.807, 2.05) is 13.8 Å². The standard InChI is InChI=1S/C17H18F3N3OS.2ClH/c1-10-11(2)23(7-6-21-10)16(24)14-9-25-15(22-14)12-4-3-5-13(8-12)17(18,19)20;;/h3-5,8-11,21H,6-7H2,1-2H3;2*1H. The molecular formula is C17H20Cl2F3N3OS. The summed E-state index contributed by atoms with van der Waals surface area (Å²) in [5.41, 5.74) is -0.0865. The molecule has 1 aromatic heterocycles.